The number of oxime groups is 1. The number of aryl methyl sites for hydroxylation is 1. The highest BCUT2D eigenvalue weighted by atomic mass is 35.5. The number of nitrogens with two attached hydrogens (primary N) is 1. The molecule has 0 bridgehead atoms. The van der Waals surface area contributed by atoms with E-state index in [4.69, 9.17) is 22.5 Å². The molecule has 70 valence electrons. The van der Waals surface area contributed by atoms with E-state index in [9.17, 15) is 0 Å². The largest absolute Gasteiger partial charge is 0.409 e. The molecule has 0 unspecified atom stereocenters. The first-order chi connectivity index (χ1) is 6.22. The molecule has 0 radical (unpaired) electrons. The second kappa shape index (κ2) is 4.72. The van der Waals surface area contributed by atoms with Crippen LogP contribution in [0.5, 0.6) is 0 Å². The maximum atomic E-state index is 8.30. The second-order valence-electron chi connectivity index (χ2n) is 2.72. The van der Waals surface area contributed by atoms with Crippen LogP contribution in [0.2, 0.25) is 5.02 Å². The van der Waals surface area contributed by atoms with Gasteiger partial charge in [0.15, 0.2) is 0 Å². The summed E-state index contributed by atoms with van der Waals surface area (Å²) in [6.07, 6.45) is 1.27. The first kappa shape index (κ1) is 9.86. The summed E-state index contributed by atoms with van der Waals surface area (Å²) in [4.78, 5) is 0. The lowest BCUT2D eigenvalue weighted by molar-refractivity contribution is 0.317. The SMILES string of the molecule is N/C(CCc1cccc(Cl)c1)=N\O. The average Bonchev–Trinajstić information content (AvgIpc) is 2.14. The van der Waals surface area contributed by atoms with Gasteiger partial charge in [0.1, 0.15) is 5.84 Å². The van der Waals surface area contributed by atoms with Crippen molar-refractivity contribution in [1.29, 1.82) is 0 Å². The van der Waals surface area contributed by atoms with Crippen molar-refractivity contribution in [2.75, 3.05) is 0 Å². The highest BCUT2D eigenvalue weighted by Crippen LogP contribution is 2.11. The molecule has 13 heavy (non-hydrogen) atoms. The van der Waals surface area contributed by atoms with Crippen molar-refractivity contribution in [2.45, 2.75) is 12.8 Å². The van der Waals surface area contributed by atoms with E-state index >= 15 is 0 Å². The summed E-state index contributed by atoms with van der Waals surface area (Å²) in [6.45, 7) is 0. The molecule has 4 heteroatoms. The molecule has 0 aromatic heterocycles. The Bertz CT molecular complexity index is 312. The second-order valence-corrected chi connectivity index (χ2v) is 3.16. The number of amidine groups is 1. The Kier molecular flexibility index (Phi) is 3.58. The lowest BCUT2D eigenvalue weighted by Gasteiger charge is -2.00. The van der Waals surface area contributed by atoms with Gasteiger partial charge in [-0.1, -0.05) is 28.9 Å². The van der Waals surface area contributed by atoms with Crippen LogP contribution in [0.3, 0.4) is 0 Å². The van der Waals surface area contributed by atoms with E-state index in [0.29, 0.717) is 11.4 Å². The molecule has 1 aromatic rings. The normalized spacial score (nSPS) is 11.6. The predicted molar refractivity (Wildman–Crippen MR) is 53.2 cm³/mol. The van der Waals surface area contributed by atoms with Crippen LogP contribution in [-0.2, 0) is 6.42 Å². The van der Waals surface area contributed by atoms with Crippen LogP contribution >= 0.6 is 11.6 Å². The summed E-state index contributed by atoms with van der Waals surface area (Å²) in [5.74, 6) is 0.236. The van der Waals surface area contributed by atoms with Gasteiger partial charge in [0, 0.05) is 11.4 Å². The Morgan fingerprint density at radius 3 is 2.92 bits per heavy atom. The number of nitrogens with zero attached hydrogens (tertiary/aromatic N) is 1. The fourth-order valence-electron chi connectivity index (χ4n) is 1.01. The van der Waals surface area contributed by atoms with Crippen LogP contribution in [-0.4, -0.2) is 11.0 Å². The molecule has 1 rings (SSSR count). The van der Waals surface area contributed by atoms with Gasteiger partial charge in [-0.25, -0.2) is 0 Å². The Morgan fingerprint density at radius 1 is 1.54 bits per heavy atom. The minimum absolute atomic E-state index is 0.236. The summed E-state index contributed by atoms with van der Waals surface area (Å²) in [5, 5.41) is 11.9. The minimum Gasteiger partial charge on any atom is -0.409 e. The van der Waals surface area contributed by atoms with Crippen molar-refractivity contribution in [3.8, 4) is 0 Å². The van der Waals surface area contributed by atoms with Crippen molar-refractivity contribution >= 4 is 17.4 Å². The van der Waals surface area contributed by atoms with Crippen LogP contribution in [0.25, 0.3) is 0 Å². The fourth-order valence-corrected chi connectivity index (χ4v) is 1.23. The van der Waals surface area contributed by atoms with E-state index in [1.807, 2.05) is 24.3 Å². The lowest BCUT2D eigenvalue weighted by atomic mass is 10.1. The molecule has 3 nitrogen and oxygen atoms in total. The number of hydrogen-bond acceptors (Lipinski definition) is 2. The van der Waals surface area contributed by atoms with Crippen LogP contribution in [0.1, 0.15) is 12.0 Å². The minimum atomic E-state index is 0.236. The summed E-state index contributed by atoms with van der Waals surface area (Å²) in [7, 11) is 0. The topological polar surface area (TPSA) is 58.6 Å². The summed E-state index contributed by atoms with van der Waals surface area (Å²) in [5.41, 5.74) is 6.41. The zero-order valence-corrected chi connectivity index (χ0v) is 7.83. The van der Waals surface area contributed by atoms with Gasteiger partial charge < -0.3 is 10.9 Å². The molecule has 0 saturated heterocycles. The van der Waals surface area contributed by atoms with Crippen LogP contribution in [0.15, 0.2) is 29.4 Å². The van der Waals surface area contributed by atoms with E-state index < -0.39 is 0 Å². The van der Waals surface area contributed by atoms with Crippen LogP contribution in [0.4, 0.5) is 0 Å². The summed E-state index contributed by atoms with van der Waals surface area (Å²) < 4.78 is 0. The van der Waals surface area contributed by atoms with Crippen molar-refractivity contribution in [3.63, 3.8) is 0 Å². The van der Waals surface area contributed by atoms with Crippen molar-refractivity contribution in [1.82, 2.24) is 0 Å². The molecular formula is C9H11ClN2O. The quantitative estimate of drug-likeness (QED) is 0.338. The van der Waals surface area contributed by atoms with Crippen LogP contribution < -0.4 is 5.73 Å². The van der Waals surface area contributed by atoms with Crippen LogP contribution in [0, 0.1) is 0 Å². The zero-order chi connectivity index (χ0) is 9.68. The third kappa shape index (κ3) is 3.34. The Hall–Kier alpha value is -1.22. The first-order valence-electron chi connectivity index (χ1n) is 3.93. The van der Waals surface area contributed by atoms with E-state index in [1.165, 1.54) is 0 Å². The number of benzene rings is 1. The summed E-state index contributed by atoms with van der Waals surface area (Å²) >= 11 is 5.78. The molecule has 3 N–H and O–H groups in total. The van der Waals surface area contributed by atoms with Gasteiger partial charge in [0.25, 0.3) is 0 Å². The van der Waals surface area contributed by atoms with E-state index in [0.717, 1.165) is 12.0 Å². The molecule has 0 aliphatic carbocycles. The van der Waals surface area contributed by atoms with Crippen molar-refractivity contribution in [2.24, 2.45) is 10.9 Å². The lowest BCUT2D eigenvalue weighted by Crippen LogP contribution is -2.12. The van der Waals surface area contributed by atoms with Crippen molar-refractivity contribution in [3.05, 3.63) is 34.9 Å². The van der Waals surface area contributed by atoms with Crippen molar-refractivity contribution < 1.29 is 5.21 Å². The molecule has 0 amide bonds. The maximum absolute atomic E-state index is 8.30. The molecule has 0 saturated carbocycles. The first-order valence-corrected chi connectivity index (χ1v) is 4.31. The highest BCUT2D eigenvalue weighted by molar-refractivity contribution is 6.30. The van der Waals surface area contributed by atoms with Gasteiger partial charge in [-0.05, 0) is 24.1 Å². The number of hydrogen-bond donors (Lipinski definition) is 2. The monoisotopic (exact) mass is 198 g/mol. The van der Waals surface area contributed by atoms with E-state index in [2.05, 4.69) is 5.16 Å². The fraction of sp³-hybridized carbons (Fsp3) is 0.222. The van der Waals surface area contributed by atoms with Gasteiger partial charge in [-0.3, -0.25) is 0 Å². The summed E-state index contributed by atoms with van der Waals surface area (Å²) in [6, 6.07) is 7.52. The molecule has 0 spiro atoms. The molecule has 0 aliphatic rings. The number of rotatable bonds is 3. The van der Waals surface area contributed by atoms with E-state index in [1.54, 1.807) is 0 Å². The average molecular weight is 199 g/mol. The maximum Gasteiger partial charge on any atom is 0.139 e. The smallest absolute Gasteiger partial charge is 0.139 e. The van der Waals surface area contributed by atoms with Gasteiger partial charge >= 0.3 is 0 Å². The third-order valence-electron chi connectivity index (χ3n) is 1.69. The third-order valence-corrected chi connectivity index (χ3v) is 1.92. The highest BCUT2D eigenvalue weighted by Gasteiger charge is 1.96. The van der Waals surface area contributed by atoms with Gasteiger partial charge in [0.05, 0.1) is 0 Å². The molecular weight excluding hydrogens is 188 g/mol. The molecule has 1 aromatic carbocycles. The van der Waals surface area contributed by atoms with Gasteiger partial charge in [-0.2, -0.15) is 0 Å². The Morgan fingerprint density at radius 2 is 2.31 bits per heavy atom. The molecule has 0 fully saturated rings. The molecule has 0 aliphatic heterocycles. The van der Waals surface area contributed by atoms with Gasteiger partial charge in [-0.15, -0.1) is 0 Å². The van der Waals surface area contributed by atoms with Gasteiger partial charge in [0.2, 0.25) is 0 Å². The number of halogens is 1. The predicted octanol–water partition coefficient (Wildman–Crippen LogP) is 2.02. The Balaban J connectivity index is 2.55. The standard InChI is InChI=1S/C9H11ClN2O/c10-8-3-1-2-7(6-8)4-5-9(11)12-13/h1-3,6,13H,4-5H2,(H2,11,12). The molecule has 0 heterocycles. The Labute approximate surface area is 81.8 Å². The van der Waals surface area contributed by atoms with E-state index in [-0.39, 0.29) is 5.84 Å². The molecule has 0 atom stereocenters. The zero-order valence-electron chi connectivity index (χ0n) is 7.07.